The van der Waals surface area contributed by atoms with Crippen molar-refractivity contribution in [2.75, 3.05) is 18.5 Å². The Kier molecular flexibility index (Phi) is 2.25. The molecule has 2 N–H and O–H groups in total. The first-order valence-electron chi connectivity index (χ1n) is 4.72. The fraction of sp³-hybridized carbons (Fsp3) is 0.556. The van der Waals surface area contributed by atoms with Crippen LogP contribution in [0.3, 0.4) is 0 Å². The highest BCUT2D eigenvalue weighted by Crippen LogP contribution is 2.16. The smallest absolute Gasteiger partial charge is 0.248 e. The standard InChI is InChI=1S/C9H14N4O/c1-12-6-7(10)2-3-9(14)13-8(12)4-5-11-13/h4-5,7H,2-3,6,10H2,1H3. The van der Waals surface area contributed by atoms with E-state index in [0.29, 0.717) is 6.42 Å². The van der Waals surface area contributed by atoms with Crippen molar-refractivity contribution in [2.45, 2.75) is 18.9 Å². The van der Waals surface area contributed by atoms with Crippen LogP contribution in [-0.4, -0.2) is 35.3 Å². The summed E-state index contributed by atoms with van der Waals surface area (Å²) in [5, 5.41) is 4.00. The van der Waals surface area contributed by atoms with E-state index in [0.717, 1.165) is 18.8 Å². The predicted molar refractivity (Wildman–Crippen MR) is 53.3 cm³/mol. The van der Waals surface area contributed by atoms with Crippen molar-refractivity contribution in [3.8, 4) is 0 Å². The van der Waals surface area contributed by atoms with Gasteiger partial charge in [0.15, 0.2) is 0 Å². The molecule has 0 saturated heterocycles. The zero-order chi connectivity index (χ0) is 10.1. The van der Waals surface area contributed by atoms with Crippen molar-refractivity contribution in [1.29, 1.82) is 0 Å². The number of carbonyl (C=O) groups excluding carboxylic acids is 1. The van der Waals surface area contributed by atoms with E-state index in [1.54, 1.807) is 6.20 Å². The Morgan fingerprint density at radius 3 is 3.21 bits per heavy atom. The molecule has 1 aliphatic heterocycles. The first-order chi connectivity index (χ1) is 6.68. The van der Waals surface area contributed by atoms with Crippen molar-refractivity contribution in [1.82, 2.24) is 9.78 Å². The molecule has 2 rings (SSSR count). The molecule has 2 heterocycles. The van der Waals surface area contributed by atoms with Crippen molar-refractivity contribution in [2.24, 2.45) is 5.73 Å². The molecule has 0 aromatic carbocycles. The highest BCUT2D eigenvalue weighted by atomic mass is 16.2. The predicted octanol–water partition coefficient (Wildman–Crippen LogP) is 0.0806. The molecule has 1 aromatic heterocycles. The summed E-state index contributed by atoms with van der Waals surface area (Å²) >= 11 is 0. The second-order valence-corrected chi connectivity index (χ2v) is 3.67. The second kappa shape index (κ2) is 3.42. The van der Waals surface area contributed by atoms with Gasteiger partial charge in [-0.05, 0) is 6.42 Å². The zero-order valence-corrected chi connectivity index (χ0v) is 8.18. The van der Waals surface area contributed by atoms with Gasteiger partial charge in [0.1, 0.15) is 5.82 Å². The molecule has 0 fully saturated rings. The summed E-state index contributed by atoms with van der Waals surface area (Å²) in [4.78, 5) is 13.6. The fourth-order valence-corrected chi connectivity index (χ4v) is 1.73. The van der Waals surface area contributed by atoms with Crippen LogP contribution in [0, 0.1) is 0 Å². The van der Waals surface area contributed by atoms with Gasteiger partial charge in [0.2, 0.25) is 5.91 Å². The molecule has 14 heavy (non-hydrogen) atoms. The van der Waals surface area contributed by atoms with E-state index < -0.39 is 0 Å². The SMILES string of the molecule is CN1CC(N)CCC(=O)n2nccc21. The first kappa shape index (κ1) is 9.21. The molecule has 5 nitrogen and oxygen atoms in total. The number of fused-ring (bicyclic) bond motifs is 1. The number of nitrogens with zero attached hydrogens (tertiary/aromatic N) is 3. The summed E-state index contributed by atoms with van der Waals surface area (Å²) in [6.45, 7) is 0.763. The molecular formula is C9H14N4O. The van der Waals surface area contributed by atoms with Crippen LogP contribution in [0.1, 0.15) is 17.6 Å². The van der Waals surface area contributed by atoms with Gasteiger partial charge in [-0.1, -0.05) is 0 Å². The van der Waals surface area contributed by atoms with Gasteiger partial charge in [0.05, 0.1) is 6.20 Å². The monoisotopic (exact) mass is 194 g/mol. The first-order valence-corrected chi connectivity index (χ1v) is 4.72. The minimum atomic E-state index is 0.0204. The average molecular weight is 194 g/mol. The quantitative estimate of drug-likeness (QED) is 0.635. The molecule has 1 aliphatic rings. The number of carbonyl (C=O) groups is 1. The molecular weight excluding hydrogens is 180 g/mol. The van der Waals surface area contributed by atoms with E-state index in [2.05, 4.69) is 5.10 Å². The third-order valence-corrected chi connectivity index (χ3v) is 2.49. The van der Waals surface area contributed by atoms with Crippen molar-refractivity contribution in [3.05, 3.63) is 12.3 Å². The molecule has 0 spiro atoms. The molecule has 1 atom stereocenters. The minimum Gasteiger partial charge on any atom is -0.358 e. The van der Waals surface area contributed by atoms with E-state index in [1.165, 1.54) is 4.68 Å². The minimum absolute atomic E-state index is 0.0204. The lowest BCUT2D eigenvalue weighted by Crippen LogP contribution is -2.39. The summed E-state index contributed by atoms with van der Waals surface area (Å²) in [7, 11) is 1.92. The molecule has 0 saturated carbocycles. The lowest BCUT2D eigenvalue weighted by atomic mass is 10.1. The highest BCUT2D eigenvalue weighted by molar-refractivity contribution is 5.81. The van der Waals surface area contributed by atoms with E-state index in [1.807, 2.05) is 18.0 Å². The Bertz CT molecular complexity index is 346. The molecule has 0 bridgehead atoms. The number of anilines is 1. The number of hydrogen-bond acceptors (Lipinski definition) is 4. The second-order valence-electron chi connectivity index (χ2n) is 3.67. The van der Waals surface area contributed by atoms with Crippen LogP contribution in [0.5, 0.6) is 0 Å². The summed E-state index contributed by atoms with van der Waals surface area (Å²) in [6, 6.07) is 1.89. The summed E-state index contributed by atoms with van der Waals surface area (Å²) < 4.78 is 1.45. The van der Waals surface area contributed by atoms with Crippen LogP contribution in [0.25, 0.3) is 0 Å². The fourth-order valence-electron chi connectivity index (χ4n) is 1.73. The Morgan fingerprint density at radius 1 is 1.64 bits per heavy atom. The van der Waals surface area contributed by atoms with Crippen LogP contribution in [-0.2, 0) is 0 Å². The third kappa shape index (κ3) is 1.50. The third-order valence-electron chi connectivity index (χ3n) is 2.49. The van der Waals surface area contributed by atoms with Crippen LogP contribution >= 0.6 is 0 Å². The number of likely N-dealkylation sites (N-methyl/N-ethyl adjacent to an activating group) is 1. The maximum atomic E-state index is 11.6. The zero-order valence-electron chi connectivity index (χ0n) is 8.18. The lowest BCUT2D eigenvalue weighted by molar-refractivity contribution is 0.0880. The highest BCUT2D eigenvalue weighted by Gasteiger charge is 2.20. The van der Waals surface area contributed by atoms with Crippen LogP contribution in [0.15, 0.2) is 12.3 Å². The summed E-state index contributed by atoms with van der Waals surface area (Å²) in [6.07, 6.45) is 2.84. The number of hydrogen-bond donors (Lipinski definition) is 1. The molecule has 0 radical (unpaired) electrons. The van der Waals surface area contributed by atoms with E-state index >= 15 is 0 Å². The Hall–Kier alpha value is -1.36. The Morgan fingerprint density at radius 2 is 2.43 bits per heavy atom. The Balaban J connectivity index is 2.36. The van der Waals surface area contributed by atoms with Crippen LogP contribution < -0.4 is 10.6 Å². The lowest BCUT2D eigenvalue weighted by Gasteiger charge is -2.25. The molecule has 0 amide bonds. The maximum absolute atomic E-state index is 11.6. The molecule has 0 aliphatic carbocycles. The Labute approximate surface area is 82.5 Å². The van der Waals surface area contributed by atoms with Gasteiger partial charge < -0.3 is 10.6 Å². The molecule has 5 heteroatoms. The van der Waals surface area contributed by atoms with E-state index in [-0.39, 0.29) is 11.9 Å². The summed E-state index contributed by atoms with van der Waals surface area (Å²) in [5.41, 5.74) is 5.86. The summed E-state index contributed by atoms with van der Waals surface area (Å²) in [5.74, 6) is 0.845. The molecule has 1 unspecified atom stereocenters. The van der Waals surface area contributed by atoms with Crippen LogP contribution in [0.4, 0.5) is 5.82 Å². The molecule has 1 aromatic rings. The van der Waals surface area contributed by atoms with Gasteiger partial charge in [0.25, 0.3) is 0 Å². The van der Waals surface area contributed by atoms with Crippen LogP contribution in [0.2, 0.25) is 0 Å². The van der Waals surface area contributed by atoms with Gasteiger partial charge in [-0.3, -0.25) is 4.79 Å². The van der Waals surface area contributed by atoms with Gasteiger partial charge in [-0.2, -0.15) is 9.78 Å². The van der Waals surface area contributed by atoms with E-state index in [9.17, 15) is 4.79 Å². The number of nitrogens with two attached hydrogens (primary N) is 1. The van der Waals surface area contributed by atoms with Gasteiger partial charge in [-0.15, -0.1) is 0 Å². The van der Waals surface area contributed by atoms with Crippen molar-refractivity contribution >= 4 is 11.7 Å². The average Bonchev–Trinajstić information content (AvgIpc) is 2.60. The largest absolute Gasteiger partial charge is 0.358 e. The van der Waals surface area contributed by atoms with Crippen molar-refractivity contribution < 1.29 is 4.79 Å². The maximum Gasteiger partial charge on any atom is 0.248 e. The number of aromatic nitrogens is 2. The van der Waals surface area contributed by atoms with E-state index in [4.69, 9.17) is 5.73 Å². The normalized spacial score (nSPS) is 22.9. The van der Waals surface area contributed by atoms with Crippen molar-refractivity contribution in [3.63, 3.8) is 0 Å². The van der Waals surface area contributed by atoms with Gasteiger partial charge >= 0.3 is 0 Å². The number of rotatable bonds is 0. The topological polar surface area (TPSA) is 64.2 Å². The van der Waals surface area contributed by atoms with Gasteiger partial charge in [0, 0.05) is 32.1 Å². The molecule has 76 valence electrons. The van der Waals surface area contributed by atoms with Gasteiger partial charge in [-0.25, -0.2) is 0 Å².